The van der Waals surface area contributed by atoms with E-state index in [0.29, 0.717) is 0 Å². The smallest absolute Gasteiger partial charge is 0.252 e. The topological polar surface area (TPSA) is 11.4 Å². The van der Waals surface area contributed by atoms with E-state index in [1.807, 2.05) is 41.5 Å². The van der Waals surface area contributed by atoms with Crippen LogP contribution in [0.2, 0.25) is 0 Å². The molecule has 3 nitrogen and oxygen atoms in total. The highest BCUT2D eigenvalue weighted by Crippen LogP contribution is 2.54. The maximum atomic E-state index is 10.4. The molecule has 0 atom stereocenters. The number of nitrogens with zero attached hydrogens (tertiary/aromatic N) is 3. The Morgan fingerprint density at radius 3 is 1.92 bits per heavy atom. The number of anilines is 6. The summed E-state index contributed by atoms with van der Waals surface area (Å²) >= 11 is 0.801. The minimum Gasteiger partial charge on any atom is -0.310 e. The van der Waals surface area contributed by atoms with E-state index in [-0.39, 0.29) is 169 Å². The minimum atomic E-state index is -1.53. The first kappa shape index (κ1) is 21.1. The molecule has 294 valence electrons. The molecule has 3 aliphatic heterocycles. The maximum Gasteiger partial charge on any atom is 0.252 e. The van der Waals surface area contributed by atoms with Gasteiger partial charge in [0.25, 0.3) is 6.71 Å². The molecule has 0 saturated heterocycles. The first-order valence-electron chi connectivity index (χ1n) is 30.0. The lowest BCUT2D eigenvalue weighted by Crippen LogP contribution is -2.62. The molecule has 5 heteroatoms. The number of rotatable bonds is 1. The second kappa shape index (κ2) is 11.7. The number of hydrogen-bond donors (Lipinski definition) is 0. The summed E-state index contributed by atoms with van der Waals surface area (Å²) in [5, 5.41) is -0.0651. The van der Waals surface area contributed by atoms with E-state index in [2.05, 4.69) is 0 Å². The van der Waals surface area contributed by atoms with Crippen molar-refractivity contribution in [2.45, 2.75) is 85.5 Å². The molecule has 0 bridgehead atoms. The van der Waals surface area contributed by atoms with Gasteiger partial charge in [-0.25, -0.2) is 0 Å². The van der Waals surface area contributed by atoms with Crippen LogP contribution < -0.4 is 26.2 Å². The molecule has 0 spiro atoms. The number of benzene rings is 7. The monoisotopic (exact) mass is 816 g/mol. The fourth-order valence-electron chi connectivity index (χ4n) is 8.92. The summed E-state index contributed by atoms with van der Waals surface area (Å²) in [7, 11) is 0. The molecule has 0 saturated carbocycles. The molecule has 0 amide bonds. The highest BCUT2D eigenvalue weighted by molar-refractivity contribution is 7.26. The van der Waals surface area contributed by atoms with Crippen molar-refractivity contribution < 1.29 is 27.4 Å². The van der Waals surface area contributed by atoms with Crippen molar-refractivity contribution in [2.75, 3.05) is 9.80 Å². The maximum absolute atomic E-state index is 10.4. The number of fused-ring (bicyclic) bond motifs is 12. The molecule has 0 aliphatic carbocycles. The third kappa shape index (κ3) is 4.79. The Labute approximate surface area is 386 Å². The van der Waals surface area contributed by atoms with Crippen molar-refractivity contribution in [3.05, 3.63) is 143 Å². The predicted molar refractivity (Wildman–Crippen MR) is 262 cm³/mol. The molecular weight excluding hydrogens is 746 g/mol. The van der Waals surface area contributed by atoms with Crippen molar-refractivity contribution in [1.82, 2.24) is 4.57 Å². The van der Waals surface area contributed by atoms with Crippen LogP contribution in [0.1, 0.15) is 112 Å². The summed E-state index contributed by atoms with van der Waals surface area (Å²) in [5.41, 5.74) is -3.64. The highest BCUT2D eigenvalue weighted by Gasteiger charge is 2.47. The van der Waals surface area contributed by atoms with Crippen LogP contribution >= 0.6 is 11.3 Å². The van der Waals surface area contributed by atoms with Crippen LogP contribution in [0.15, 0.2) is 121 Å². The molecule has 12 rings (SSSR count). The molecule has 0 N–H and O–H groups in total. The lowest BCUT2D eigenvalue weighted by Gasteiger charge is -2.46. The van der Waals surface area contributed by atoms with Gasteiger partial charge in [-0.15, -0.1) is 11.3 Å². The highest BCUT2D eigenvalue weighted by atomic mass is 32.1. The Bertz CT molecular complexity index is 4520. The van der Waals surface area contributed by atoms with Gasteiger partial charge in [0.2, 0.25) is 0 Å². The fourth-order valence-corrected chi connectivity index (χ4v) is 9.97. The van der Waals surface area contributed by atoms with Crippen LogP contribution in [0, 0.1) is 6.92 Å². The Hall–Kier alpha value is -5.78. The van der Waals surface area contributed by atoms with Crippen LogP contribution in [0.4, 0.5) is 34.1 Å². The fraction of sp³-hybridized carbons (Fsp3) is 0.236. The van der Waals surface area contributed by atoms with Gasteiger partial charge in [0.1, 0.15) is 0 Å². The largest absolute Gasteiger partial charge is 0.310 e. The first-order valence-corrected chi connectivity index (χ1v) is 20.9. The third-order valence-electron chi connectivity index (χ3n) is 11.8. The molecule has 0 unspecified atom stereocenters. The molecular formula is C55H50BN3S. The van der Waals surface area contributed by atoms with E-state index in [4.69, 9.17) is 5.48 Å². The minimum absolute atomic E-state index is 0.00209. The molecule has 7 aromatic carbocycles. The normalized spacial score (nSPS) is 19.1. The summed E-state index contributed by atoms with van der Waals surface area (Å²) in [6, 6.07) is -9.01. The van der Waals surface area contributed by atoms with Gasteiger partial charge in [-0.2, -0.15) is 0 Å². The van der Waals surface area contributed by atoms with Crippen molar-refractivity contribution in [1.29, 1.82) is 0 Å². The second-order valence-electron chi connectivity index (χ2n) is 19.1. The zero-order valence-corrected chi connectivity index (χ0v) is 35.6. The van der Waals surface area contributed by atoms with Gasteiger partial charge in [0.15, 0.2) is 0 Å². The lowest BCUT2D eigenvalue weighted by atomic mass is 9.33. The van der Waals surface area contributed by atoms with E-state index in [1.165, 1.54) is 21.3 Å². The Morgan fingerprint density at radius 1 is 0.500 bits per heavy atom. The molecule has 60 heavy (non-hydrogen) atoms. The predicted octanol–water partition coefficient (Wildman–Crippen LogP) is 13.7. The number of hydrogen-bond acceptors (Lipinski definition) is 3. The Morgan fingerprint density at radius 2 is 1.15 bits per heavy atom. The summed E-state index contributed by atoms with van der Waals surface area (Å²) in [4.78, 5) is 2.81. The molecule has 0 radical (unpaired) electrons. The van der Waals surface area contributed by atoms with Gasteiger partial charge in [-0.3, -0.25) is 0 Å². The molecule has 9 aromatic rings. The van der Waals surface area contributed by atoms with Gasteiger partial charge >= 0.3 is 0 Å². The average Bonchev–Trinajstić information content (AvgIpc) is 3.93. The average molecular weight is 816 g/mol. The Balaban J connectivity index is 1.40. The molecule has 2 aromatic heterocycles. The van der Waals surface area contributed by atoms with Crippen molar-refractivity contribution >= 4 is 111 Å². The summed E-state index contributed by atoms with van der Waals surface area (Å²) < 4.78 is 196. The molecule has 0 fully saturated rings. The van der Waals surface area contributed by atoms with Crippen molar-refractivity contribution in [3.8, 4) is 5.69 Å². The summed E-state index contributed by atoms with van der Waals surface area (Å²) in [5.74, 6) is 0. The van der Waals surface area contributed by atoms with Gasteiger partial charge in [0.05, 0.1) is 65.9 Å². The van der Waals surface area contributed by atoms with Crippen LogP contribution in [-0.4, -0.2) is 11.3 Å². The van der Waals surface area contributed by atoms with E-state index in [9.17, 15) is 21.9 Å². The number of aromatic nitrogens is 1. The zero-order chi connectivity index (χ0) is 58.8. The van der Waals surface area contributed by atoms with Gasteiger partial charge < -0.3 is 14.4 Å². The SMILES string of the molecule is [2H]c1c([2H])c2c3c(c1[2H])-n1c4c([2H])c([2H])c(C(C)(C)C)c([2H])c4c4c([2H])c(C(C)(C)C)c([2H])c(c41)N3c1c([2H])c(C)c([2H])c3c1B2c1c([2H])c(C(C)(C)C)c([2H])c([2H])c1N3c1c([2H])c([2H])c([2H])c2c1sc1c([2H])c([2H])c([2H])c([2H])c12. The van der Waals surface area contributed by atoms with Crippen LogP contribution in [0.3, 0.4) is 0 Å². The van der Waals surface area contributed by atoms with E-state index in [0.717, 1.165) is 11.3 Å². The standard InChI is InChI=1S/C55H50BN3S/c1-31-25-45-49-46(26-31)59-47-30-34(55(8,9)10)28-38-37-27-32(53(2,3)4)21-23-41(37)58(50(38)47)43-18-14-17-39(51(43)59)56(49)40-29-33(54(5,6)7)22-24-42(40)57(45)44-19-13-16-36-35-15-11-12-20-48(35)60-52(36)44/h11-30H,1-10H3/i11D,12D,13D,14D,15D,16D,17D,18D,19D,20D,21D,22D,23D,24D,25D,26D,27D,28D,29D,30D. The van der Waals surface area contributed by atoms with Gasteiger partial charge in [-0.05, 0) is 122 Å². The van der Waals surface area contributed by atoms with Crippen LogP contribution in [0.5, 0.6) is 0 Å². The molecule has 5 heterocycles. The van der Waals surface area contributed by atoms with Crippen LogP contribution in [-0.2, 0) is 16.2 Å². The van der Waals surface area contributed by atoms with Crippen molar-refractivity contribution in [2.24, 2.45) is 0 Å². The number of para-hydroxylation sites is 1. The quantitative estimate of drug-likeness (QED) is 0.153. The van der Waals surface area contributed by atoms with E-state index < -0.39 is 95.5 Å². The van der Waals surface area contributed by atoms with Gasteiger partial charge in [0, 0.05) is 43.3 Å². The number of thiophene rings is 1. The van der Waals surface area contributed by atoms with Gasteiger partial charge in [-0.1, -0.05) is 123 Å². The Kier molecular flexibility index (Phi) is 4.14. The summed E-state index contributed by atoms with van der Waals surface area (Å²) in [6.07, 6.45) is 0. The van der Waals surface area contributed by atoms with E-state index in [1.54, 1.807) is 20.8 Å². The van der Waals surface area contributed by atoms with E-state index >= 15 is 0 Å². The first-order chi connectivity index (χ1) is 37.0. The third-order valence-corrected chi connectivity index (χ3v) is 13.0. The summed E-state index contributed by atoms with van der Waals surface area (Å²) in [6.45, 7) is 16.1. The van der Waals surface area contributed by atoms with Crippen LogP contribution in [0.25, 0.3) is 47.7 Å². The zero-order valence-electron chi connectivity index (χ0n) is 54.8. The van der Waals surface area contributed by atoms with Crippen molar-refractivity contribution in [3.63, 3.8) is 0 Å². The lowest BCUT2D eigenvalue weighted by molar-refractivity contribution is 0.590. The molecule has 3 aliphatic rings. The second-order valence-corrected chi connectivity index (χ2v) is 20.1.